The number of likely N-dealkylation sites (tertiary alicyclic amines) is 1. The Morgan fingerprint density at radius 3 is 2.47 bits per heavy atom. The summed E-state index contributed by atoms with van der Waals surface area (Å²) in [5, 5.41) is 0. The quantitative estimate of drug-likeness (QED) is 0.649. The average Bonchev–Trinajstić information content (AvgIpc) is 2.76. The molecule has 2 atom stereocenters. The molecule has 0 aliphatic carbocycles. The Morgan fingerprint density at radius 1 is 1.15 bits per heavy atom. The summed E-state index contributed by atoms with van der Waals surface area (Å²) in [6.07, 6.45) is 2.50. The maximum Gasteiger partial charge on any atom is 0.410 e. The molecule has 2 aliphatic rings. The summed E-state index contributed by atoms with van der Waals surface area (Å²) in [6.45, 7) is 11.9. The van der Waals surface area contributed by atoms with Gasteiger partial charge in [-0.05, 0) is 56.6 Å². The monoisotopic (exact) mass is 471 g/mol. The lowest BCUT2D eigenvalue weighted by Gasteiger charge is -2.41. The van der Waals surface area contributed by atoms with Gasteiger partial charge in [-0.1, -0.05) is 38.1 Å². The van der Waals surface area contributed by atoms with Gasteiger partial charge in [-0.2, -0.15) is 0 Å². The van der Waals surface area contributed by atoms with Crippen molar-refractivity contribution >= 4 is 17.9 Å². The molecular weight excluding hydrogens is 430 g/mol. The minimum absolute atomic E-state index is 0.0243. The van der Waals surface area contributed by atoms with Crippen molar-refractivity contribution in [3.05, 3.63) is 35.4 Å². The number of benzene rings is 1. The van der Waals surface area contributed by atoms with Crippen LogP contribution in [0, 0.1) is 11.8 Å². The van der Waals surface area contributed by atoms with Crippen LogP contribution in [0.2, 0.25) is 0 Å². The highest BCUT2D eigenvalue weighted by Gasteiger charge is 2.38. The first-order valence-corrected chi connectivity index (χ1v) is 12.5. The van der Waals surface area contributed by atoms with E-state index < -0.39 is 11.6 Å². The molecule has 1 saturated heterocycles. The molecule has 0 spiro atoms. The predicted molar refractivity (Wildman–Crippen MR) is 132 cm³/mol. The van der Waals surface area contributed by atoms with E-state index in [-0.39, 0.29) is 29.7 Å². The number of hydrogen-bond acceptors (Lipinski definition) is 4. The second kappa shape index (κ2) is 10.8. The zero-order valence-electron chi connectivity index (χ0n) is 21.7. The Hall–Kier alpha value is -2.57. The minimum Gasteiger partial charge on any atom is -0.444 e. The van der Waals surface area contributed by atoms with Crippen LogP contribution in [0.1, 0.15) is 65.0 Å². The van der Waals surface area contributed by atoms with E-state index in [9.17, 15) is 14.4 Å². The van der Waals surface area contributed by atoms with Crippen LogP contribution in [-0.2, 0) is 27.3 Å². The van der Waals surface area contributed by atoms with Crippen LogP contribution in [0.5, 0.6) is 0 Å². The van der Waals surface area contributed by atoms with E-state index in [1.54, 1.807) is 16.8 Å². The standard InChI is InChI=1S/C27H41N3O4/c1-19(2)14-24(31)30-18-22-12-8-7-11-21(22)15-23(30)25(32)29-13-9-10-20(17-29)16-28(6)26(33)34-27(3,4)5/h7-8,11-12,19-20,23H,9-10,13-18H2,1-6H3. The molecule has 3 rings (SSSR count). The Labute approximate surface area is 204 Å². The predicted octanol–water partition coefficient (Wildman–Crippen LogP) is 4.09. The molecule has 34 heavy (non-hydrogen) atoms. The van der Waals surface area contributed by atoms with Gasteiger partial charge in [0.25, 0.3) is 0 Å². The summed E-state index contributed by atoms with van der Waals surface area (Å²) in [6, 6.07) is 7.63. The lowest BCUT2D eigenvalue weighted by Crippen LogP contribution is -2.56. The Bertz CT molecular complexity index is 892. The molecule has 0 N–H and O–H groups in total. The molecule has 2 unspecified atom stereocenters. The maximum atomic E-state index is 13.7. The van der Waals surface area contributed by atoms with Crippen molar-refractivity contribution in [3.8, 4) is 0 Å². The number of ether oxygens (including phenoxy) is 1. The third-order valence-corrected chi connectivity index (χ3v) is 6.50. The molecule has 188 valence electrons. The number of nitrogens with zero attached hydrogens (tertiary/aromatic N) is 3. The van der Waals surface area contributed by atoms with Crippen LogP contribution >= 0.6 is 0 Å². The van der Waals surface area contributed by atoms with E-state index in [1.165, 1.54) is 0 Å². The number of rotatable bonds is 5. The first-order chi connectivity index (χ1) is 15.9. The van der Waals surface area contributed by atoms with E-state index in [2.05, 4.69) is 12.1 Å². The van der Waals surface area contributed by atoms with E-state index in [0.29, 0.717) is 39.0 Å². The van der Waals surface area contributed by atoms with Crippen molar-refractivity contribution < 1.29 is 19.1 Å². The fourth-order valence-corrected chi connectivity index (χ4v) is 4.90. The first-order valence-electron chi connectivity index (χ1n) is 12.5. The molecule has 1 aromatic carbocycles. The van der Waals surface area contributed by atoms with Gasteiger partial charge in [0, 0.05) is 46.1 Å². The zero-order valence-corrected chi connectivity index (χ0v) is 21.7. The molecule has 0 bridgehead atoms. The average molecular weight is 472 g/mol. The second-order valence-electron chi connectivity index (χ2n) is 11.3. The fraction of sp³-hybridized carbons (Fsp3) is 0.667. The number of carbonyl (C=O) groups excluding carboxylic acids is 3. The zero-order chi connectivity index (χ0) is 25.0. The van der Waals surface area contributed by atoms with Crippen molar-refractivity contribution in [1.29, 1.82) is 0 Å². The third-order valence-electron chi connectivity index (χ3n) is 6.50. The van der Waals surface area contributed by atoms with Gasteiger partial charge in [0.1, 0.15) is 11.6 Å². The Kier molecular flexibility index (Phi) is 8.26. The van der Waals surface area contributed by atoms with Gasteiger partial charge in [0.15, 0.2) is 0 Å². The number of piperidine rings is 1. The number of carbonyl (C=O) groups is 3. The molecular formula is C27H41N3O4. The van der Waals surface area contributed by atoms with Crippen LogP contribution in [0.3, 0.4) is 0 Å². The molecule has 0 radical (unpaired) electrons. The van der Waals surface area contributed by atoms with Crippen molar-refractivity contribution in [2.45, 2.75) is 78.5 Å². The smallest absolute Gasteiger partial charge is 0.410 e. The van der Waals surface area contributed by atoms with E-state index in [1.807, 2.05) is 51.7 Å². The molecule has 0 saturated carbocycles. The largest absolute Gasteiger partial charge is 0.444 e. The molecule has 2 aliphatic heterocycles. The first kappa shape index (κ1) is 26.0. The van der Waals surface area contributed by atoms with Gasteiger partial charge in [-0.25, -0.2) is 4.79 Å². The van der Waals surface area contributed by atoms with Crippen molar-refractivity contribution in [1.82, 2.24) is 14.7 Å². The van der Waals surface area contributed by atoms with Gasteiger partial charge in [0.05, 0.1) is 0 Å². The van der Waals surface area contributed by atoms with Crippen molar-refractivity contribution in [2.75, 3.05) is 26.7 Å². The molecule has 7 heteroatoms. The highest BCUT2D eigenvalue weighted by atomic mass is 16.6. The highest BCUT2D eigenvalue weighted by Crippen LogP contribution is 2.28. The lowest BCUT2D eigenvalue weighted by atomic mass is 9.91. The number of amides is 3. The minimum atomic E-state index is -0.539. The number of fused-ring (bicyclic) bond motifs is 1. The number of hydrogen-bond donors (Lipinski definition) is 0. The summed E-state index contributed by atoms with van der Waals surface area (Å²) >= 11 is 0. The van der Waals surface area contributed by atoms with Crippen molar-refractivity contribution in [2.24, 2.45) is 11.8 Å². The second-order valence-corrected chi connectivity index (χ2v) is 11.3. The van der Waals surface area contributed by atoms with Crippen LogP contribution in [0.15, 0.2) is 24.3 Å². The maximum absolute atomic E-state index is 13.7. The van der Waals surface area contributed by atoms with E-state index in [0.717, 1.165) is 24.0 Å². The molecule has 1 fully saturated rings. The topological polar surface area (TPSA) is 70.2 Å². The van der Waals surface area contributed by atoms with Gasteiger partial charge >= 0.3 is 6.09 Å². The van der Waals surface area contributed by atoms with Crippen molar-refractivity contribution in [3.63, 3.8) is 0 Å². The van der Waals surface area contributed by atoms with Gasteiger partial charge < -0.3 is 19.4 Å². The van der Waals surface area contributed by atoms with Crippen LogP contribution < -0.4 is 0 Å². The molecule has 3 amide bonds. The normalized spacial score (nSPS) is 20.7. The lowest BCUT2D eigenvalue weighted by molar-refractivity contribution is -0.148. The summed E-state index contributed by atoms with van der Waals surface area (Å²) < 4.78 is 5.48. The molecule has 7 nitrogen and oxygen atoms in total. The fourth-order valence-electron chi connectivity index (χ4n) is 4.90. The van der Waals surface area contributed by atoms with Gasteiger partial charge in [-0.15, -0.1) is 0 Å². The van der Waals surface area contributed by atoms with E-state index in [4.69, 9.17) is 4.74 Å². The van der Waals surface area contributed by atoms with Gasteiger partial charge in [0.2, 0.25) is 11.8 Å². The summed E-state index contributed by atoms with van der Waals surface area (Å²) in [7, 11) is 1.75. The van der Waals surface area contributed by atoms with Gasteiger partial charge in [-0.3, -0.25) is 9.59 Å². The van der Waals surface area contributed by atoms with Crippen LogP contribution in [0.25, 0.3) is 0 Å². The van der Waals surface area contributed by atoms with Crippen LogP contribution in [0.4, 0.5) is 4.79 Å². The Balaban J connectivity index is 1.70. The molecule has 0 aromatic heterocycles. The Morgan fingerprint density at radius 2 is 1.82 bits per heavy atom. The highest BCUT2D eigenvalue weighted by molar-refractivity contribution is 5.88. The van der Waals surface area contributed by atoms with E-state index >= 15 is 0 Å². The molecule has 1 aromatic rings. The van der Waals surface area contributed by atoms with Crippen LogP contribution in [-0.4, -0.2) is 70.9 Å². The summed E-state index contributed by atoms with van der Waals surface area (Å²) in [4.78, 5) is 44.6. The summed E-state index contributed by atoms with van der Waals surface area (Å²) in [5.74, 6) is 0.492. The SMILES string of the molecule is CC(C)CC(=O)N1Cc2ccccc2CC1C(=O)N1CCCC(CN(C)C(=O)OC(C)(C)C)C1. The molecule has 2 heterocycles. The third kappa shape index (κ3) is 6.73. The summed E-state index contributed by atoms with van der Waals surface area (Å²) in [5.41, 5.74) is 1.73.